The molecule has 0 unspecified atom stereocenters. The van der Waals surface area contributed by atoms with Gasteiger partial charge in [0.1, 0.15) is 0 Å². The Labute approximate surface area is 100 Å². The lowest BCUT2D eigenvalue weighted by molar-refractivity contribution is -0.0980. The highest BCUT2D eigenvalue weighted by Crippen LogP contribution is 2.25. The summed E-state index contributed by atoms with van der Waals surface area (Å²) >= 11 is 0. The van der Waals surface area contributed by atoms with Gasteiger partial charge in [0.2, 0.25) is 0 Å². The third-order valence-electron chi connectivity index (χ3n) is 2.61. The normalized spacial score (nSPS) is 23.9. The van der Waals surface area contributed by atoms with Gasteiger partial charge in [-0.25, -0.2) is 4.98 Å². The van der Waals surface area contributed by atoms with E-state index in [1.54, 1.807) is 0 Å². The number of nitrogens with zero attached hydrogens (tertiary/aromatic N) is 4. The van der Waals surface area contributed by atoms with Gasteiger partial charge in [0.15, 0.2) is 29.5 Å². The zero-order valence-corrected chi connectivity index (χ0v) is 9.15. The average Bonchev–Trinajstić information content (AvgIpc) is 2.93. The molecule has 3 heterocycles. The zero-order chi connectivity index (χ0) is 12.7. The van der Waals surface area contributed by atoms with Crippen molar-refractivity contribution in [2.45, 2.75) is 12.5 Å². The molecule has 0 aliphatic carbocycles. The number of anilines is 1. The van der Waals surface area contributed by atoms with Gasteiger partial charge in [-0.15, -0.1) is 0 Å². The van der Waals surface area contributed by atoms with Crippen molar-refractivity contribution < 1.29 is 19.0 Å². The Morgan fingerprint density at radius 1 is 1.56 bits per heavy atom. The van der Waals surface area contributed by atoms with E-state index in [-0.39, 0.29) is 24.7 Å². The van der Waals surface area contributed by atoms with Crippen LogP contribution in [-0.2, 0) is 9.47 Å². The number of nitrogen functional groups attached to an aromatic ring is 1. The molecule has 0 bridgehead atoms. The van der Waals surface area contributed by atoms with E-state index >= 15 is 0 Å². The van der Waals surface area contributed by atoms with Crippen molar-refractivity contribution in [2.75, 3.05) is 18.9 Å². The van der Waals surface area contributed by atoms with Crippen molar-refractivity contribution in [1.29, 1.82) is 0 Å². The van der Waals surface area contributed by atoms with Crippen molar-refractivity contribution in [2.24, 2.45) is 0 Å². The molecular weight excluding hydrogens is 245 g/mol. The molecule has 1 saturated heterocycles. The minimum absolute atomic E-state index is 0.0335. The van der Waals surface area contributed by atoms with Crippen LogP contribution in [0.25, 0.3) is 11.2 Å². The third-order valence-corrected chi connectivity index (χ3v) is 2.61. The van der Waals surface area contributed by atoms with Crippen LogP contribution in [-0.4, -0.2) is 44.1 Å². The first-order valence-corrected chi connectivity index (χ1v) is 5.22. The number of hydrogen-bond donors (Lipinski definition) is 2. The topological polar surface area (TPSA) is 108 Å². The van der Waals surface area contributed by atoms with Crippen LogP contribution in [0, 0.1) is 6.08 Å². The average molecular weight is 255 g/mol. The third kappa shape index (κ3) is 1.68. The number of aromatic nitrogens is 4. The Hall–Kier alpha value is -1.84. The predicted octanol–water partition coefficient (Wildman–Crippen LogP) is -0.589. The molecule has 0 radical (unpaired) electrons. The number of nitrogens with two attached hydrogens (primary N) is 1. The second-order valence-corrected chi connectivity index (χ2v) is 3.74. The summed E-state index contributed by atoms with van der Waals surface area (Å²) in [6.07, 6.45) is -0.736. The smallest absolute Gasteiger partial charge is 0.312 e. The van der Waals surface area contributed by atoms with Gasteiger partial charge < -0.3 is 20.3 Å². The van der Waals surface area contributed by atoms with Gasteiger partial charge in [0.05, 0.1) is 19.5 Å². The second kappa shape index (κ2) is 4.12. The van der Waals surface area contributed by atoms with Crippen LogP contribution >= 0.6 is 0 Å². The molecule has 0 spiro atoms. The minimum Gasteiger partial charge on any atom is -0.391 e. The molecule has 3 N–H and O–H groups in total. The van der Waals surface area contributed by atoms with E-state index in [4.69, 9.17) is 20.3 Å². The van der Waals surface area contributed by atoms with E-state index < -0.39 is 18.6 Å². The van der Waals surface area contributed by atoms with Gasteiger partial charge in [0.25, 0.3) is 0 Å². The first kappa shape index (κ1) is 11.3. The molecule has 18 heavy (non-hydrogen) atoms. The molecule has 8 nitrogen and oxygen atoms in total. The van der Waals surface area contributed by atoms with E-state index in [1.165, 1.54) is 10.9 Å². The highest BCUT2D eigenvalue weighted by Gasteiger charge is 2.28. The Morgan fingerprint density at radius 3 is 3.11 bits per heavy atom. The number of halogens is 1. The molecular formula is C9H10FN5O3. The second-order valence-electron chi connectivity index (χ2n) is 3.74. The van der Waals surface area contributed by atoms with Crippen LogP contribution in [0.3, 0.4) is 0 Å². The number of aliphatic hydroxyl groups excluding tert-OH is 1. The van der Waals surface area contributed by atoms with Crippen LogP contribution in [0.2, 0.25) is 0 Å². The van der Waals surface area contributed by atoms with Crippen LogP contribution in [0.4, 0.5) is 10.2 Å². The maximum absolute atomic E-state index is 13.1. The molecule has 1 fully saturated rings. The lowest BCUT2D eigenvalue weighted by Gasteiger charge is -2.11. The number of fused-ring (bicyclic) bond motifs is 1. The van der Waals surface area contributed by atoms with Crippen molar-refractivity contribution in [3.63, 3.8) is 0 Å². The van der Waals surface area contributed by atoms with Crippen molar-refractivity contribution in [3.8, 4) is 0 Å². The Balaban J connectivity index is 2.03. The Kier molecular flexibility index (Phi) is 2.58. The van der Waals surface area contributed by atoms with Gasteiger partial charge in [-0.1, -0.05) is 0 Å². The van der Waals surface area contributed by atoms with E-state index in [0.29, 0.717) is 5.52 Å². The Bertz CT molecular complexity index is 589. The highest BCUT2D eigenvalue weighted by molar-refractivity contribution is 5.81. The molecule has 96 valence electrons. The maximum atomic E-state index is 13.1. The van der Waals surface area contributed by atoms with Gasteiger partial charge in [-0.05, 0) is 0 Å². The van der Waals surface area contributed by atoms with Crippen molar-refractivity contribution in [3.05, 3.63) is 12.4 Å². The summed E-state index contributed by atoms with van der Waals surface area (Å²) in [4.78, 5) is 11.0. The number of ether oxygens (including phenoxy) is 2. The molecule has 2 atom stereocenters. The Morgan fingerprint density at radius 2 is 2.39 bits per heavy atom. The van der Waals surface area contributed by atoms with E-state index in [0.717, 1.165) is 0 Å². The first-order valence-electron chi connectivity index (χ1n) is 5.22. The number of aliphatic hydroxyl groups is 1. The maximum Gasteiger partial charge on any atom is 0.312 e. The van der Waals surface area contributed by atoms with Gasteiger partial charge in [0, 0.05) is 0 Å². The quantitative estimate of drug-likeness (QED) is 0.690. The van der Waals surface area contributed by atoms with Crippen molar-refractivity contribution in [1.82, 2.24) is 19.5 Å². The van der Waals surface area contributed by atoms with E-state index in [9.17, 15) is 4.39 Å². The molecule has 2 aromatic heterocycles. The molecule has 2 aromatic rings. The first-order chi connectivity index (χ1) is 8.69. The number of rotatable bonds is 2. The van der Waals surface area contributed by atoms with Gasteiger partial charge in [-0.2, -0.15) is 14.4 Å². The van der Waals surface area contributed by atoms with Crippen LogP contribution in [0.15, 0.2) is 6.33 Å². The standard InChI is InChI=1S/C9H10FN5O3/c10-9-13-7(11)6-8(14-9)15(3-12-6)4-2-17-5(1-16)18-4/h3-5,16H,1-2H2,(H2,11,13,14)/t4-,5-/m1/s1. The molecule has 1 aliphatic heterocycles. The van der Waals surface area contributed by atoms with Crippen LogP contribution < -0.4 is 5.73 Å². The van der Waals surface area contributed by atoms with Crippen molar-refractivity contribution >= 4 is 17.0 Å². The summed E-state index contributed by atoms with van der Waals surface area (Å²) in [7, 11) is 0. The summed E-state index contributed by atoms with van der Waals surface area (Å²) in [6.45, 7) is -0.0448. The highest BCUT2D eigenvalue weighted by atomic mass is 19.1. The fraction of sp³-hybridized carbons (Fsp3) is 0.444. The van der Waals surface area contributed by atoms with E-state index in [2.05, 4.69) is 15.0 Å². The fourth-order valence-electron chi connectivity index (χ4n) is 1.81. The lowest BCUT2D eigenvalue weighted by Crippen LogP contribution is -2.15. The number of hydrogen-bond acceptors (Lipinski definition) is 7. The van der Waals surface area contributed by atoms with Gasteiger partial charge in [-0.3, -0.25) is 4.57 Å². The molecule has 0 amide bonds. The molecule has 1 aliphatic rings. The zero-order valence-electron chi connectivity index (χ0n) is 9.15. The fourth-order valence-corrected chi connectivity index (χ4v) is 1.81. The summed E-state index contributed by atoms with van der Waals surface area (Å²) in [6, 6.07) is 0. The number of imidazole rings is 1. The molecule has 3 rings (SSSR count). The summed E-state index contributed by atoms with van der Waals surface area (Å²) in [5.41, 5.74) is 6.07. The molecule has 0 aromatic carbocycles. The molecule has 0 saturated carbocycles. The predicted molar refractivity (Wildman–Crippen MR) is 56.6 cm³/mol. The van der Waals surface area contributed by atoms with Crippen LogP contribution in [0.5, 0.6) is 0 Å². The SMILES string of the molecule is Nc1nc(F)nc2c1ncn2[C@H]1CO[C@@H](CO)O1. The minimum atomic E-state index is -0.931. The largest absolute Gasteiger partial charge is 0.391 e. The summed E-state index contributed by atoms with van der Waals surface area (Å²) in [5, 5.41) is 8.90. The molecule has 9 heteroatoms. The summed E-state index contributed by atoms with van der Waals surface area (Å²) < 4.78 is 25.2. The lowest BCUT2D eigenvalue weighted by atomic mass is 10.5. The van der Waals surface area contributed by atoms with Crippen LogP contribution in [0.1, 0.15) is 6.23 Å². The summed E-state index contributed by atoms with van der Waals surface area (Å²) in [5.74, 6) is -0.0335. The van der Waals surface area contributed by atoms with Gasteiger partial charge >= 0.3 is 6.08 Å². The monoisotopic (exact) mass is 255 g/mol. The van der Waals surface area contributed by atoms with E-state index in [1.807, 2.05) is 0 Å².